The van der Waals surface area contributed by atoms with Crippen molar-refractivity contribution in [3.8, 4) is 5.69 Å². The van der Waals surface area contributed by atoms with Gasteiger partial charge in [0.1, 0.15) is 11.1 Å². The molecule has 1 fully saturated rings. The van der Waals surface area contributed by atoms with E-state index in [9.17, 15) is 9.59 Å². The minimum absolute atomic E-state index is 0.0152. The zero-order valence-corrected chi connectivity index (χ0v) is 19.9. The summed E-state index contributed by atoms with van der Waals surface area (Å²) < 4.78 is 6.86. The van der Waals surface area contributed by atoms with E-state index in [0.717, 1.165) is 22.5 Å². The molecule has 2 aliphatic heterocycles. The number of anilines is 1. The molecule has 3 heterocycles. The summed E-state index contributed by atoms with van der Waals surface area (Å²) in [6, 6.07) is 15.4. The van der Waals surface area contributed by atoms with Crippen LogP contribution in [0.1, 0.15) is 43.1 Å². The van der Waals surface area contributed by atoms with Crippen LogP contribution < -0.4 is 4.90 Å². The van der Waals surface area contributed by atoms with Crippen molar-refractivity contribution in [2.75, 3.05) is 25.6 Å². The molecule has 0 saturated carbocycles. The van der Waals surface area contributed by atoms with Gasteiger partial charge in [0.2, 0.25) is 11.8 Å². The van der Waals surface area contributed by atoms with Gasteiger partial charge in [-0.3, -0.25) is 9.59 Å². The highest BCUT2D eigenvalue weighted by atomic mass is 16.5. The van der Waals surface area contributed by atoms with Crippen LogP contribution in [-0.4, -0.2) is 52.4 Å². The van der Waals surface area contributed by atoms with E-state index in [1.54, 1.807) is 23.7 Å². The van der Waals surface area contributed by atoms with Crippen LogP contribution in [0, 0.1) is 5.92 Å². The van der Waals surface area contributed by atoms with E-state index in [-0.39, 0.29) is 30.2 Å². The number of methoxy groups -OCH3 is 1. The maximum Gasteiger partial charge on any atom is 0.240 e. The molecular weight excluding hydrogens is 430 g/mol. The largest absolute Gasteiger partial charge is 0.378 e. The average molecular weight is 460 g/mol. The summed E-state index contributed by atoms with van der Waals surface area (Å²) >= 11 is 0. The summed E-state index contributed by atoms with van der Waals surface area (Å²) in [7, 11) is 3.41. The van der Waals surface area contributed by atoms with Crippen molar-refractivity contribution in [1.82, 2.24) is 19.9 Å². The third-order valence-electron chi connectivity index (χ3n) is 6.82. The predicted octanol–water partition coefficient (Wildman–Crippen LogP) is 3.26. The van der Waals surface area contributed by atoms with Gasteiger partial charge in [0.05, 0.1) is 24.5 Å². The number of rotatable bonds is 6. The van der Waals surface area contributed by atoms with Gasteiger partial charge in [0.25, 0.3) is 0 Å². The normalized spacial score (nSPS) is 21.9. The zero-order chi connectivity index (χ0) is 24.0. The van der Waals surface area contributed by atoms with Crippen molar-refractivity contribution in [1.29, 1.82) is 0 Å². The smallest absolute Gasteiger partial charge is 0.240 e. The number of aromatic nitrogens is 3. The number of hydrogen-bond donors (Lipinski definition) is 0. The number of carbonyl (C=O) groups excluding carboxylic acids is 2. The highest BCUT2D eigenvalue weighted by molar-refractivity contribution is 6.12. The Morgan fingerprint density at radius 1 is 1.15 bits per heavy atom. The van der Waals surface area contributed by atoms with Crippen molar-refractivity contribution < 1.29 is 14.3 Å². The Kier molecular flexibility index (Phi) is 5.48. The first kappa shape index (κ1) is 22.3. The predicted molar refractivity (Wildman–Crippen MR) is 128 cm³/mol. The Balaban J connectivity index is 1.70. The summed E-state index contributed by atoms with van der Waals surface area (Å²) in [5.74, 6) is 0.232. The van der Waals surface area contributed by atoms with E-state index >= 15 is 0 Å². The van der Waals surface area contributed by atoms with Crippen LogP contribution in [0.4, 0.5) is 5.69 Å². The number of benzene rings is 2. The van der Waals surface area contributed by atoms with Crippen molar-refractivity contribution in [2.24, 2.45) is 5.92 Å². The molecule has 1 aromatic heterocycles. The molecule has 0 N–H and O–H groups in total. The van der Waals surface area contributed by atoms with Gasteiger partial charge < -0.3 is 14.5 Å². The maximum absolute atomic E-state index is 14.2. The van der Waals surface area contributed by atoms with Gasteiger partial charge in [-0.2, -0.15) is 0 Å². The lowest BCUT2D eigenvalue weighted by Crippen LogP contribution is -2.45. The molecule has 2 aliphatic rings. The van der Waals surface area contributed by atoms with Crippen molar-refractivity contribution >= 4 is 17.5 Å². The van der Waals surface area contributed by atoms with Crippen LogP contribution in [0.5, 0.6) is 0 Å². The Hall–Kier alpha value is -3.52. The lowest BCUT2D eigenvalue weighted by Gasteiger charge is -2.33. The third kappa shape index (κ3) is 3.32. The molecule has 2 atom stereocenters. The Bertz CT molecular complexity index is 1240. The summed E-state index contributed by atoms with van der Waals surface area (Å²) in [4.78, 5) is 31.0. The molecule has 3 aromatic rings. The summed E-state index contributed by atoms with van der Waals surface area (Å²) in [5, 5.41) is 8.42. The number of likely N-dealkylation sites (N-methyl/N-ethyl adjacent to an activating group) is 1. The van der Waals surface area contributed by atoms with Gasteiger partial charge in [0.15, 0.2) is 0 Å². The first-order valence-electron chi connectivity index (χ1n) is 11.5. The van der Waals surface area contributed by atoms with Crippen molar-refractivity contribution in [3.63, 3.8) is 0 Å². The van der Waals surface area contributed by atoms with Gasteiger partial charge in [-0.05, 0) is 35.2 Å². The summed E-state index contributed by atoms with van der Waals surface area (Å²) in [5.41, 5.74) is 3.20. The molecule has 0 radical (unpaired) electrons. The number of fused-ring (bicyclic) bond motifs is 2. The van der Waals surface area contributed by atoms with Crippen LogP contribution in [0.25, 0.3) is 5.69 Å². The standard InChI is InChI=1S/C26H29N5O3/c1-17(2)14-30-22-11-10-20(31-15-19(16-34-4)27-28-31)12-21(22)26(25(30)33)13-23(32)29(3)24(26)18-8-6-5-7-9-18/h5-12,15,17,24H,13-14,16H2,1-4H3/t24?,26-/m0/s1. The summed E-state index contributed by atoms with van der Waals surface area (Å²) in [6.45, 7) is 5.15. The average Bonchev–Trinajstić information content (AvgIpc) is 3.46. The molecule has 5 rings (SSSR count). The molecular formula is C26H29N5O3. The minimum Gasteiger partial charge on any atom is -0.378 e. The zero-order valence-electron chi connectivity index (χ0n) is 19.9. The second kappa shape index (κ2) is 8.36. The van der Waals surface area contributed by atoms with E-state index in [2.05, 4.69) is 24.2 Å². The molecule has 1 unspecified atom stereocenters. The third-order valence-corrected chi connectivity index (χ3v) is 6.82. The first-order chi connectivity index (χ1) is 16.4. The first-order valence-corrected chi connectivity index (χ1v) is 11.5. The monoisotopic (exact) mass is 459 g/mol. The lowest BCUT2D eigenvalue weighted by atomic mass is 9.72. The Labute approximate surface area is 199 Å². The molecule has 2 amide bonds. The van der Waals surface area contributed by atoms with Crippen LogP contribution in [0.2, 0.25) is 0 Å². The highest BCUT2D eigenvalue weighted by Gasteiger charge is 2.62. The molecule has 176 valence electrons. The molecule has 0 bridgehead atoms. The quantitative estimate of drug-likeness (QED) is 0.565. The van der Waals surface area contributed by atoms with Gasteiger partial charge in [-0.15, -0.1) is 5.10 Å². The number of amides is 2. The molecule has 2 aromatic carbocycles. The van der Waals surface area contributed by atoms with Crippen LogP contribution in [0.15, 0.2) is 54.7 Å². The van der Waals surface area contributed by atoms with E-state index in [4.69, 9.17) is 4.74 Å². The second-order valence-corrected chi connectivity index (χ2v) is 9.56. The molecule has 8 nitrogen and oxygen atoms in total. The number of ether oxygens (including phenoxy) is 1. The minimum atomic E-state index is -0.997. The fraction of sp³-hybridized carbons (Fsp3) is 0.385. The Morgan fingerprint density at radius 2 is 1.91 bits per heavy atom. The van der Waals surface area contributed by atoms with Crippen LogP contribution in [-0.2, 0) is 26.3 Å². The lowest BCUT2D eigenvalue weighted by molar-refractivity contribution is -0.128. The number of likely N-dealkylation sites (tertiary alicyclic amines) is 1. The SMILES string of the molecule is COCc1cn(-c2ccc3c(c2)[C@]2(CC(=O)N(C)C2c2ccccc2)C(=O)N3CC(C)C)nn1. The molecule has 0 aliphatic carbocycles. The Morgan fingerprint density at radius 3 is 2.62 bits per heavy atom. The molecule has 8 heteroatoms. The van der Waals surface area contributed by atoms with Crippen molar-refractivity contribution in [3.05, 3.63) is 71.5 Å². The maximum atomic E-state index is 14.2. The second-order valence-electron chi connectivity index (χ2n) is 9.56. The van der Waals surface area contributed by atoms with Gasteiger partial charge in [-0.25, -0.2) is 4.68 Å². The van der Waals surface area contributed by atoms with E-state index in [1.165, 1.54) is 0 Å². The summed E-state index contributed by atoms with van der Waals surface area (Å²) in [6.07, 6.45) is 1.96. The van der Waals surface area contributed by atoms with Gasteiger partial charge >= 0.3 is 0 Å². The van der Waals surface area contributed by atoms with E-state index in [0.29, 0.717) is 18.8 Å². The molecule has 34 heavy (non-hydrogen) atoms. The van der Waals surface area contributed by atoms with Crippen LogP contribution >= 0.6 is 0 Å². The van der Waals surface area contributed by atoms with E-state index in [1.807, 2.05) is 59.6 Å². The fourth-order valence-corrected chi connectivity index (χ4v) is 5.42. The number of hydrogen-bond acceptors (Lipinski definition) is 5. The number of nitrogens with zero attached hydrogens (tertiary/aromatic N) is 5. The fourth-order valence-electron chi connectivity index (χ4n) is 5.42. The number of carbonyl (C=O) groups is 2. The van der Waals surface area contributed by atoms with Crippen molar-refractivity contribution in [2.45, 2.75) is 38.3 Å². The molecule has 1 saturated heterocycles. The van der Waals surface area contributed by atoms with Gasteiger partial charge in [0, 0.05) is 32.8 Å². The van der Waals surface area contributed by atoms with E-state index < -0.39 is 5.41 Å². The topological polar surface area (TPSA) is 80.6 Å². The molecule has 1 spiro atoms. The van der Waals surface area contributed by atoms with Gasteiger partial charge in [-0.1, -0.05) is 49.4 Å². The van der Waals surface area contributed by atoms with Crippen LogP contribution in [0.3, 0.4) is 0 Å². The highest BCUT2D eigenvalue weighted by Crippen LogP contribution is 2.57.